The van der Waals surface area contributed by atoms with E-state index in [0.717, 1.165) is 19.4 Å². The Hall–Kier alpha value is -1.04. The maximum absolute atomic E-state index is 11.3. The van der Waals surface area contributed by atoms with Gasteiger partial charge in [0.15, 0.2) is 5.16 Å². The number of rotatable bonds is 2. The maximum Gasteiger partial charge on any atom is 0.233 e. The van der Waals surface area contributed by atoms with Crippen molar-refractivity contribution >= 4 is 17.7 Å². The quantitative estimate of drug-likeness (QED) is 0.711. The molecule has 2 rings (SSSR count). The zero-order valence-electron chi connectivity index (χ0n) is 6.99. The molecule has 6 heteroatoms. The second-order valence-corrected chi connectivity index (χ2v) is 4.02. The molecule has 5 nitrogen and oxygen atoms in total. The molecule has 0 bridgehead atoms. The summed E-state index contributed by atoms with van der Waals surface area (Å²) in [4.78, 5) is 15.3. The minimum absolute atomic E-state index is 0.0123. The minimum Gasteiger partial charge on any atom is -0.355 e. The summed E-state index contributed by atoms with van der Waals surface area (Å²) in [7, 11) is 0. The Bertz CT molecular complexity index is 287. The van der Waals surface area contributed by atoms with Crippen molar-refractivity contribution in [1.29, 1.82) is 0 Å². The van der Waals surface area contributed by atoms with Gasteiger partial charge in [-0.05, 0) is 12.8 Å². The monoisotopic (exact) mass is 198 g/mol. The van der Waals surface area contributed by atoms with Gasteiger partial charge >= 0.3 is 0 Å². The van der Waals surface area contributed by atoms with E-state index >= 15 is 0 Å². The highest BCUT2D eigenvalue weighted by atomic mass is 32.2. The third-order valence-electron chi connectivity index (χ3n) is 1.88. The molecule has 0 aliphatic carbocycles. The standard InChI is InChI=1S/C7H10N4OS/c12-6-5(2-1-3-8-6)13-7-9-4-10-11-7/h4-5H,1-3H2,(H,8,12)(H,9,10,11). The van der Waals surface area contributed by atoms with Crippen LogP contribution < -0.4 is 5.32 Å². The topological polar surface area (TPSA) is 70.7 Å². The fourth-order valence-corrected chi connectivity index (χ4v) is 2.20. The van der Waals surface area contributed by atoms with E-state index in [9.17, 15) is 4.79 Å². The van der Waals surface area contributed by atoms with Crippen LogP contribution in [0.2, 0.25) is 0 Å². The first kappa shape index (κ1) is 8.55. The zero-order chi connectivity index (χ0) is 9.10. The molecule has 2 heterocycles. The number of nitrogens with zero attached hydrogens (tertiary/aromatic N) is 2. The van der Waals surface area contributed by atoms with Crippen molar-refractivity contribution < 1.29 is 4.79 Å². The summed E-state index contributed by atoms with van der Waals surface area (Å²) in [6, 6.07) is 0. The van der Waals surface area contributed by atoms with Gasteiger partial charge in [-0.3, -0.25) is 9.89 Å². The average molecular weight is 198 g/mol. The van der Waals surface area contributed by atoms with Gasteiger partial charge in [0.2, 0.25) is 5.91 Å². The number of nitrogens with one attached hydrogen (secondary N) is 2. The second-order valence-electron chi connectivity index (χ2n) is 2.83. The predicted molar refractivity (Wildman–Crippen MR) is 48.3 cm³/mol. The first-order valence-corrected chi connectivity index (χ1v) is 5.04. The molecule has 0 spiro atoms. The third kappa shape index (κ3) is 2.00. The first-order valence-electron chi connectivity index (χ1n) is 4.16. The zero-order valence-corrected chi connectivity index (χ0v) is 7.80. The van der Waals surface area contributed by atoms with E-state index in [1.54, 1.807) is 0 Å². The summed E-state index contributed by atoms with van der Waals surface area (Å²) >= 11 is 1.44. The van der Waals surface area contributed by atoms with Crippen LogP contribution in [0.1, 0.15) is 12.8 Å². The lowest BCUT2D eigenvalue weighted by atomic mass is 10.1. The van der Waals surface area contributed by atoms with Gasteiger partial charge in [0.25, 0.3) is 0 Å². The maximum atomic E-state index is 11.3. The summed E-state index contributed by atoms with van der Waals surface area (Å²) in [5, 5.41) is 9.97. The number of aromatic amines is 1. The van der Waals surface area contributed by atoms with Gasteiger partial charge in [-0.2, -0.15) is 5.10 Å². The smallest absolute Gasteiger partial charge is 0.233 e. The molecule has 1 aromatic heterocycles. The Labute approximate surface area is 79.7 Å². The van der Waals surface area contributed by atoms with Crippen LogP contribution in [-0.4, -0.2) is 32.9 Å². The van der Waals surface area contributed by atoms with Gasteiger partial charge in [0.05, 0.1) is 5.25 Å². The van der Waals surface area contributed by atoms with E-state index in [2.05, 4.69) is 20.5 Å². The number of hydrogen-bond acceptors (Lipinski definition) is 4. The number of carbonyl (C=O) groups excluding carboxylic acids is 1. The number of carbonyl (C=O) groups is 1. The lowest BCUT2D eigenvalue weighted by Gasteiger charge is -2.19. The molecule has 1 aromatic rings. The third-order valence-corrected chi connectivity index (χ3v) is 3.04. The van der Waals surface area contributed by atoms with E-state index in [1.807, 2.05) is 0 Å². The van der Waals surface area contributed by atoms with Gasteiger partial charge in [-0.1, -0.05) is 11.8 Å². The molecular weight excluding hydrogens is 188 g/mol. The van der Waals surface area contributed by atoms with Gasteiger partial charge < -0.3 is 5.32 Å². The minimum atomic E-state index is -0.0123. The van der Waals surface area contributed by atoms with Gasteiger partial charge in [0, 0.05) is 6.54 Å². The van der Waals surface area contributed by atoms with E-state index in [-0.39, 0.29) is 11.2 Å². The van der Waals surface area contributed by atoms with Crippen molar-refractivity contribution in [3.8, 4) is 0 Å². The molecule has 1 unspecified atom stereocenters. The molecule has 1 aliphatic rings. The van der Waals surface area contributed by atoms with Crippen LogP contribution in [0.15, 0.2) is 11.5 Å². The van der Waals surface area contributed by atoms with Gasteiger partial charge in [-0.25, -0.2) is 4.98 Å². The first-order chi connectivity index (χ1) is 6.36. The summed E-state index contributed by atoms with van der Waals surface area (Å²) in [6.07, 6.45) is 3.40. The number of H-pyrrole nitrogens is 1. The van der Waals surface area contributed by atoms with Gasteiger partial charge in [-0.15, -0.1) is 0 Å². The molecular formula is C7H10N4OS. The van der Waals surface area contributed by atoms with Crippen LogP contribution in [0.4, 0.5) is 0 Å². The van der Waals surface area contributed by atoms with Crippen molar-refractivity contribution in [2.45, 2.75) is 23.2 Å². The van der Waals surface area contributed by atoms with Gasteiger partial charge in [0.1, 0.15) is 6.33 Å². The number of amides is 1. The van der Waals surface area contributed by atoms with Crippen LogP contribution >= 0.6 is 11.8 Å². The fourth-order valence-electron chi connectivity index (χ4n) is 1.24. The van der Waals surface area contributed by atoms with Crippen LogP contribution in [0, 0.1) is 0 Å². The van der Waals surface area contributed by atoms with E-state index in [1.165, 1.54) is 18.1 Å². The molecule has 0 radical (unpaired) electrons. The SMILES string of the molecule is O=C1NCCCC1Sc1ncn[nH]1. The lowest BCUT2D eigenvalue weighted by molar-refractivity contribution is -0.121. The lowest BCUT2D eigenvalue weighted by Crippen LogP contribution is -2.38. The van der Waals surface area contributed by atoms with Crippen LogP contribution in [0.5, 0.6) is 0 Å². The highest BCUT2D eigenvalue weighted by Crippen LogP contribution is 2.24. The highest BCUT2D eigenvalue weighted by molar-refractivity contribution is 8.00. The molecule has 1 atom stereocenters. The van der Waals surface area contributed by atoms with Crippen molar-refractivity contribution in [2.24, 2.45) is 0 Å². The Morgan fingerprint density at radius 3 is 3.23 bits per heavy atom. The number of piperidine rings is 1. The van der Waals surface area contributed by atoms with Crippen LogP contribution in [0.3, 0.4) is 0 Å². The number of hydrogen-bond donors (Lipinski definition) is 2. The molecule has 0 aromatic carbocycles. The second kappa shape index (κ2) is 3.78. The fraction of sp³-hybridized carbons (Fsp3) is 0.571. The molecule has 1 amide bonds. The van der Waals surface area contributed by atoms with Crippen molar-refractivity contribution in [3.63, 3.8) is 0 Å². The van der Waals surface area contributed by atoms with Crippen molar-refractivity contribution in [2.75, 3.05) is 6.54 Å². The molecule has 2 N–H and O–H groups in total. The predicted octanol–water partition coefficient (Wildman–Crippen LogP) is 0.175. The molecule has 13 heavy (non-hydrogen) atoms. The van der Waals surface area contributed by atoms with E-state index in [4.69, 9.17) is 0 Å². The Kier molecular flexibility index (Phi) is 2.49. The molecule has 1 fully saturated rings. The normalized spacial score (nSPS) is 22.8. The summed E-state index contributed by atoms with van der Waals surface area (Å²) in [5.41, 5.74) is 0. The summed E-state index contributed by atoms with van der Waals surface area (Å²) in [5.74, 6) is 0.104. The van der Waals surface area contributed by atoms with Crippen LogP contribution in [0.25, 0.3) is 0 Å². The molecule has 1 aliphatic heterocycles. The molecule has 1 saturated heterocycles. The van der Waals surface area contributed by atoms with Crippen LogP contribution in [-0.2, 0) is 4.79 Å². The van der Waals surface area contributed by atoms with Crippen molar-refractivity contribution in [3.05, 3.63) is 6.33 Å². The van der Waals surface area contributed by atoms with E-state index < -0.39 is 0 Å². The molecule has 0 saturated carbocycles. The number of thioether (sulfide) groups is 1. The Balaban J connectivity index is 1.97. The van der Waals surface area contributed by atoms with Crippen molar-refractivity contribution in [1.82, 2.24) is 20.5 Å². The summed E-state index contributed by atoms with van der Waals surface area (Å²) in [6.45, 7) is 0.798. The Morgan fingerprint density at radius 2 is 2.54 bits per heavy atom. The van der Waals surface area contributed by atoms with E-state index in [0.29, 0.717) is 5.16 Å². The summed E-state index contributed by atoms with van der Waals surface area (Å²) < 4.78 is 0. The highest BCUT2D eigenvalue weighted by Gasteiger charge is 2.23. The largest absolute Gasteiger partial charge is 0.355 e. The Morgan fingerprint density at radius 1 is 1.62 bits per heavy atom. The average Bonchev–Trinajstić information content (AvgIpc) is 2.61. The molecule has 70 valence electrons. The number of aromatic nitrogens is 3.